The van der Waals surface area contributed by atoms with Crippen LogP contribution in [0.1, 0.15) is 61.3 Å². The van der Waals surface area contributed by atoms with Gasteiger partial charge in [0.15, 0.2) is 5.82 Å². The Balaban J connectivity index is 1.78. The summed E-state index contributed by atoms with van der Waals surface area (Å²) < 4.78 is 7.71. The highest BCUT2D eigenvalue weighted by atomic mass is 16.3. The minimum Gasteiger partial charge on any atom is -0.466 e. The van der Waals surface area contributed by atoms with E-state index in [-0.39, 0.29) is 11.8 Å². The lowest BCUT2D eigenvalue weighted by molar-refractivity contribution is -0.134. The fourth-order valence-corrected chi connectivity index (χ4v) is 3.28. The molecule has 1 atom stereocenters. The molecule has 6 nitrogen and oxygen atoms in total. The van der Waals surface area contributed by atoms with Crippen molar-refractivity contribution >= 4 is 5.91 Å². The van der Waals surface area contributed by atoms with Gasteiger partial charge in [-0.25, -0.2) is 0 Å². The van der Waals surface area contributed by atoms with Crippen molar-refractivity contribution in [2.24, 2.45) is 0 Å². The number of amides is 1. The molecule has 0 radical (unpaired) electrons. The average molecular weight is 316 g/mol. The van der Waals surface area contributed by atoms with Gasteiger partial charge in [0, 0.05) is 24.6 Å². The number of nitrogens with zero attached hydrogens (tertiary/aromatic N) is 4. The van der Waals surface area contributed by atoms with Crippen LogP contribution in [0.5, 0.6) is 0 Å². The Morgan fingerprint density at radius 3 is 2.57 bits per heavy atom. The zero-order valence-corrected chi connectivity index (χ0v) is 14.5. The van der Waals surface area contributed by atoms with Crippen molar-refractivity contribution in [2.75, 3.05) is 6.54 Å². The van der Waals surface area contributed by atoms with Gasteiger partial charge in [-0.05, 0) is 26.8 Å². The third kappa shape index (κ3) is 2.78. The van der Waals surface area contributed by atoms with E-state index in [0.717, 1.165) is 35.3 Å². The first kappa shape index (κ1) is 15.8. The van der Waals surface area contributed by atoms with E-state index in [9.17, 15) is 4.79 Å². The van der Waals surface area contributed by atoms with Crippen LogP contribution in [-0.2, 0) is 17.9 Å². The van der Waals surface area contributed by atoms with Crippen LogP contribution >= 0.6 is 0 Å². The van der Waals surface area contributed by atoms with Crippen molar-refractivity contribution < 1.29 is 9.21 Å². The lowest BCUT2D eigenvalue weighted by Crippen LogP contribution is -2.40. The largest absolute Gasteiger partial charge is 0.466 e. The molecule has 0 aromatic carbocycles. The van der Waals surface area contributed by atoms with Crippen molar-refractivity contribution in [1.29, 1.82) is 0 Å². The van der Waals surface area contributed by atoms with E-state index < -0.39 is 0 Å². The number of rotatable bonds is 3. The van der Waals surface area contributed by atoms with Crippen LogP contribution in [0.25, 0.3) is 0 Å². The molecule has 3 heterocycles. The number of carbonyl (C=O) groups is 1. The number of hydrogen-bond acceptors (Lipinski definition) is 4. The average Bonchev–Trinajstić information content (AvgIpc) is 3.07. The maximum atomic E-state index is 12.8. The van der Waals surface area contributed by atoms with Crippen LogP contribution in [0.4, 0.5) is 0 Å². The summed E-state index contributed by atoms with van der Waals surface area (Å²) in [6.07, 6.45) is 0. The van der Waals surface area contributed by atoms with E-state index in [2.05, 4.69) is 28.6 Å². The van der Waals surface area contributed by atoms with Crippen LogP contribution < -0.4 is 0 Å². The van der Waals surface area contributed by atoms with Gasteiger partial charge < -0.3 is 13.9 Å². The van der Waals surface area contributed by atoms with Crippen LogP contribution in [0.15, 0.2) is 10.5 Å². The number of fused-ring (bicyclic) bond motifs is 1. The van der Waals surface area contributed by atoms with Crippen LogP contribution in [-0.4, -0.2) is 32.1 Å². The molecule has 124 valence electrons. The zero-order chi connectivity index (χ0) is 16.7. The van der Waals surface area contributed by atoms with Crippen LogP contribution in [0, 0.1) is 13.8 Å². The quantitative estimate of drug-likeness (QED) is 0.873. The number of furan rings is 1. The van der Waals surface area contributed by atoms with Gasteiger partial charge in [-0.3, -0.25) is 4.79 Å². The molecule has 0 saturated heterocycles. The molecule has 0 bridgehead atoms. The molecule has 0 unspecified atom stereocenters. The second-order valence-corrected chi connectivity index (χ2v) is 6.63. The molecule has 0 aliphatic carbocycles. The molecule has 3 rings (SSSR count). The SMILES string of the molecule is Cc1cc([C@@H](C)C(=O)N2CCn3c(nnc3C(C)C)C2)c(C)o1. The maximum absolute atomic E-state index is 12.8. The monoisotopic (exact) mass is 316 g/mol. The Morgan fingerprint density at radius 1 is 1.22 bits per heavy atom. The third-order valence-corrected chi connectivity index (χ3v) is 4.53. The minimum absolute atomic E-state index is 0.120. The summed E-state index contributed by atoms with van der Waals surface area (Å²) in [5.41, 5.74) is 0.974. The van der Waals surface area contributed by atoms with Crippen molar-refractivity contribution in [3.63, 3.8) is 0 Å². The van der Waals surface area contributed by atoms with Crippen molar-refractivity contribution in [3.05, 3.63) is 34.8 Å². The van der Waals surface area contributed by atoms with E-state index in [1.165, 1.54) is 0 Å². The van der Waals surface area contributed by atoms with Crippen molar-refractivity contribution in [1.82, 2.24) is 19.7 Å². The normalized spacial score (nSPS) is 15.8. The Morgan fingerprint density at radius 2 is 1.96 bits per heavy atom. The summed E-state index contributed by atoms with van der Waals surface area (Å²) in [5, 5.41) is 8.54. The lowest BCUT2D eigenvalue weighted by atomic mass is 9.99. The number of hydrogen-bond donors (Lipinski definition) is 0. The molecule has 0 saturated carbocycles. The van der Waals surface area contributed by atoms with E-state index in [0.29, 0.717) is 19.0 Å². The van der Waals surface area contributed by atoms with Crippen molar-refractivity contribution in [2.45, 2.75) is 59.5 Å². The summed E-state index contributed by atoms with van der Waals surface area (Å²) in [6, 6.07) is 1.96. The topological polar surface area (TPSA) is 64.2 Å². The van der Waals surface area contributed by atoms with Gasteiger partial charge in [0.05, 0.1) is 12.5 Å². The highest BCUT2D eigenvalue weighted by Crippen LogP contribution is 2.27. The number of aromatic nitrogens is 3. The molecule has 0 fully saturated rings. The lowest BCUT2D eigenvalue weighted by Gasteiger charge is -2.30. The molecule has 1 aliphatic heterocycles. The number of aryl methyl sites for hydroxylation is 2. The van der Waals surface area contributed by atoms with Gasteiger partial charge in [0.2, 0.25) is 5.91 Å². The zero-order valence-electron chi connectivity index (χ0n) is 14.5. The van der Waals surface area contributed by atoms with E-state index in [4.69, 9.17) is 4.42 Å². The predicted octanol–water partition coefficient (Wildman–Crippen LogP) is 2.76. The van der Waals surface area contributed by atoms with E-state index in [1.807, 2.05) is 31.7 Å². The molecular weight excluding hydrogens is 292 g/mol. The molecule has 1 aliphatic rings. The molecule has 2 aromatic heterocycles. The molecule has 23 heavy (non-hydrogen) atoms. The molecule has 1 amide bonds. The summed E-state index contributed by atoms with van der Waals surface area (Å²) >= 11 is 0. The Bertz CT molecular complexity index is 729. The van der Waals surface area contributed by atoms with Crippen LogP contribution in [0.3, 0.4) is 0 Å². The maximum Gasteiger partial charge on any atom is 0.230 e. The van der Waals surface area contributed by atoms with Gasteiger partial charge in [0.1, 0.15) is 17.3 Å². The first-order chi connectivity index (χ1) is 10.9. The standard InChI is InChI=1S/C17H24N4O2/c1-10(2)16-19-18-15-9-20(6-7-21(15)16)17(22)12(4)14-8-11(3)23-13(14)5/h8,10,12H,6-7,9H2,1-5H3/t12-/m1/s1. The Hall–Kier alpha value is -2.11. The van der Waals surface area contributed by atoms with Gasteiger partial charge in [-0.1, -0.05) is 13.8 Å². The highest BCUT2D eigenvalue weighted by molar-refractivity contribution is 5.83. The fraction of sp³-hybridized carbons (Fsp3) is 0.588. The molecule has 0 N–H and O–H groups in total. The number of carbonyl (C=O) groups excluding carboxylic acids is 1. The van der Waals surface area contributed by atoms with E-state index in [1.54, 1.807) is 0 Å². The molecule has 2 aromatic rings. The predicted molar refractivity (Wildman–Crippen MR) is 86.1 cm³/mol. The van der Waals surface area contributed by atoms with Crippen LogP contribution in [0.2, 0.25) is 0 Å². The first-order valence-electron chi connectivity index (χ1n) is 8.16. The van der Waals surface area contributed by atoms with Gasteiger partial charge in [0.25, 0.3) is 0 Å². The smallest absolute Gasteiger partial charge is 0.230 e. The fourth-order valence-electron chi connectivity index (χ4n) is 3.28. The summed E-state index contributed by atoms with van der Waals surface area (Å²) in [7, 11) is 0. The Kier molecular flexibility index (Phi) is 4.00. The van der Waals surface area contributed by atoms with Gasteiger partial charge >= 0.3 is 0 Å². The molecule has 6 heteroatoms. The third-order valence-electron chi connectivity index (χ3n) is 4.53. The first-order valence-corrected chi connectivity index (χ1v) is 8.16. The highest BCUT2D eigenvalue weighted by Gasteiger charge is 2.29. The summed E-state index contributed by atoms with van der Waals surface area (Å²) in [6.45, 7) is 12.0. The second-order valence-electron chi connectivity index (χ2n) is 6.63. The second kappa shape index (κ2) is 5.83. The summed E-state index contributed by atoms with van der Waals surface area (Å²) in [4.78, 5) is 14.7. The van der Waals surface area contributed by atoms with Gasteiger partial charge in [-0.15, -0.1) is 10.2 Å². The summed E-state index contributed by atoms with van der Waals surface area (Å²) in [5.74, 6) is 3.81. The van der Waals surface area contributed by atoms with E-state index >= 15 is 0 Å². The molecular formula is C17H24N4O2. The molecule has 0 spiro atoms. The Labute approximate surface area is 136 Å². The van der Waals surface area contributed by atoms with Crippen molar-refractivity contribution in [3.8, 4) is 0 Å². The minimum atomic E-state index is -0.202. The van der Waals surface area contributed by atoms with Gasteiger partial charge in [-0.2, -0.15) is 0 Å².